The third-order valence-corrected chi connectivity index (χ3v) is 3.78. The molecule has 0 heterocycles. The zero-order chi connectivity index (χ0) is 15.5. The summed E-state index contributed by atoms with van der Waals surface area (Å²) in [4.78, 5) is 23.8. The highest BCUT2D eigenvalue weighted by molar-refractivity contribution is 6.30. The molecule has 0 unspecified atom stereocenters. The molecule has 0 aromatic heterocycles. The van der Waals surface area contributed by atoms with E-state index in [9.17, 15) is 9.59 Å². The number of carbonyl (C=O) groups excluding carboxylic acids is 2. The van der Waals surface area contributed by atoms with Crippen molar-refractivity contribution in [3.8, 4) is 0 Å². The number of benzene rings is 1. The lowest BCUT2D eigenvalue weighted by Gasteiger charge is -2.16. The molecule has 0 atom stereocenters. The topological polar surface area (TPSA) is 55.4 Å². The van der Waals surface area contributed by atoms with Crippen LogP contribution in [0, 0.1) is 0 Å². The summed E-state index contributed by atoms with van der Waals surface area (Å²) in [7, 11) is 0. The summed E-state index contributed by atoms with van der Waals surface area (Å²) in [5.74, 6) is -0.333. The van der Waals surface area contributed by atoms with E-state index in [0.29, 0.717) is 11.6 Å². The molecule has 5 heteroatoms. The fraction of sp³-hybridized carbons (Fsp3) is 0.500. The van der Waals surface area contributed by atoms with Crippen LogP contribution in [0.2, 0.25) is 5.02 Å². The fourth-order valence-corrected chi connectivity index (χ4v) is 2.52. The molecule has 1 aromatic rings. The minimum atomic E-state index is -0.465. The summed E-state index contributed by atoms with van der Waals surface area (Å²) in [5, 5.41) is 3.46. The number of esters is 1. The van der Waals surface area contributed by atoms with Gasteiger partial charge in [-0.3, -0.25) is 9.59 Å². The monoisotopic (exact) mass is 309 g/mol. The van der Waals surface area contributed by atoms with Gasteiger partial charge < -0.3 is 10.1 Å². The number of halogens is 1. The summed E-state index contributed by atoms with van der Waals surface area (Å²) in [6.45, 7) is 3.90. The van der Waals surface area contributed by atoms with Gasteiger partial charge in [-0.1, -0.05) is 23.7 Å². The third-order valence-electron chi connectivity index (χ3n) is 3.54. The van der Waals surface area contributed by atoms with Crippen molar-refractivity contribution in [3.63, 3.8) is 0 Å². The van der Waals surface area contributed by atoms with E-state index in [2.05, 4.69) is 5.32 Å². The SMILES string of the molecule is CC(C)OC(=O)CCNC(=O)C1(c2cccc(Cl)c2)CC1. The number of rotatable bonds is 6. The van der Waals surface area contributed by atoms with Crippen LogP contribution in [-0.2, 0) is 19.7 Å². The second-order valence-corrected chi connectivity index (χ2v) is 6.07. The van der Waals surface area contributed by atoms with E-state index in [0.717, 1.165) is 18.4 Å². The number of ether oxygens (including phenoxy) is 1. The van der Waals surface area contributed by atoms with Gasteiger partial charge in [0.15, 0.2) is 0 Å². The molecular formula is C16H20ClNO3. The van der Waals surface area contributed by atoms with Crippen molar-refractivity contribution in [3.05, 3.63) is 34.9 Å². The molecule has 114 valence electrons. The molecule has 0 radical (unpaired) electrons. The van der Waals surface area contributed by atoms with Crippen molar-refractivity contribution >= 4 is 23.5 Å². The number of nitrogens with one attached hydrogen (secondary N) is 1. The number of amides is 1. The quantitative estimate of drug-likeness (QED) is 0.822. The molecule has 0 spiro atoms. The lowest BCUT2D eigenvalue weighted by Crippen LogP contribution is -2.36. The average Bonchev–Trinajstić information content (AvgIpc) is 3.19. The molecule has 2 rings (SSSR count). The van der Waals surface area contributed by atoms with E-state index in [-0.39, 0.29) is 24.4 Å². The second kappa shape index (κ2) is 6.48. The van der Waals surface area contributed by atoms with Crippen molar-refractivity contribution in [1.29, 1.82) is 0 Å². The Morgan fingerprint density at radius 3 is 2.67 bits per heavy atom. The van der Waals surface area contributed by atoms with Gasteiger partial charge in [0.1, 0.15) is 0 Å². The maximum atomic E-state index is 12.3. The van der Waals surface area contributed by atoms with Gasteiger partial charge in [0, 0.05) is 11.6 Å². The Morgan fingerprint density at radius 2 is 2.10 bits per heavy atom. The predicted octanol–water partition coefficient (Wildman–Crippen LogP) is 2.83. The summed E-state index contributed by atoms with van der Waals surface area (Å²) in [6, 6.07) is 7.40. The molecular weight excluding hydrogens is 290 g/mol. The Hall–Kier alpha value is -1.55. The van der Waals surface area contributed by atoms with Crippen molar-refractivity contribution < 1.29 is 14.3 Å². The first kappa shape index (κ1) is 15.8. The lowest BCUT2D eigenvalue weighted by molar-refractivity contribution is -0.147. The Bertz CT molecular complexity index is 538. The molecule has 1 aliphatic rings. The van der Waals surface area contributed by atoms with E-state index in [1.54, 1.807) is 19.9 Å². The second-order valence-electron chi connectivity index (χ2n) is 5.64. The number of hydrogen-bond donors (Lipinski definition) is 1. The van der Waals surface area contributed by atoms with Crippen LogP contribution >= 0.6 is 11.6 Å². The van der Waals surface area contributed by atoms with Gasteiger partial charge in [0.25, 0.3) is 0 Å². The molecule has 0 bridgehead atoms. The highest BCUT2D eigenvalue weighted by Gasteiger charge is 2.51. The number of hydrogen-bond acceptors (Lipinski definition) is 3. The predicted molar refractivity (Wildman–Crippen MR) is 81.2 cm³/mol. The van der Waals surface area contributed by atoms with Gasteiger partial charge in [-0.15, -0.1) is 0 Å². The van der Waals surface area contributed by atoms with Gasteiger partial charge >= 0.3 is 5.97 Å². The van der Waals surface area contributed by atoms with Gasteiger partial charge in [0.05, 0.1) is 17.9 Å². The molecule has 21 heavy (non-hydrogen) atoms. The van der Waals surface area contributed by atoms with Crippen molar-refractivity contribution in [2.24, 2.45) is 0 Å². The average molecular weight is 310 g/mol. The van der Waals surface area contributed by atoms with Crippen LogP contribution in [0.5, 0.6) is 0 Å². The first-order chi connectivity index (χ1) is 9.94. The van der Waals surface area contributed by atoms with Crippen molar-refractivity contribution in [1.82, 2.24) is 5.32 Å². The maximum absolute atomic E-state index is 12.3. The maximum Gasteiger partial charge on any atom is 0.307 e. The van der Waals surface area contributed by atoms with Gasteiger partial charge in [-0.2, -0.15) is 0 Å². The van der Waals surface area contributed by atoms with Gasteiger partial charge in [-0.05, 0) is 44.4 Å². The van der Waals surface area contributed by atoms with E-state index in [1.807, 2.05) is 18.2 Å². The standard InChI is InChI=1S/C16H20ClNO3/c1-11(2)21-14(19)6-9-18-15(20)16(7-8-16)12-4-3-5-13(17)10-12/h3-5,10-11H,6-9H2,1-2H3,(H,18,20). The molecule has 4 nitrogen and oxygen atoms in total. The van der Waals surface area contributed by atoms with E-state index in [1.165, 1.54) is 0 Å². The van der Waals surface area contributed by atoms with Crippen molar-refractivity contribution in [2.75, 3.05) is 6.54 Å². The molecule has 0 saturated heterocycles. The Morgan fingerprint density at radius 1 is 1.38 bits per heavy atom. The zero-order valence-corrected chi connectivity index (χ0v) is 13.1. The Labute approximate surface area is 129 Å². The lowest BCUT2D eigenvalue weighted by atomic mass is 9.95. The van der Waals surface area contributed by atoms with Gasteiger partial charge in [0.2, 0.25) is 5.91 Å². The molecule has 1 N–H and O–H groups in total. The van der Waals surface area contributed by atoms with Crippen LogP contribution in [-0.4, -0.2) is 24.5 Å². The highest BCUT2D eigenvalue weighted by atomic mass is 35.5. The summed E-state index contributed by atoms with van der Waals surface area (Å²) >= 11 is 5.98. The summed E-state index contributed by atoms with van der Waals surface area (Å²) in [6.07, 6.45) is 1.69. The Kier molecular flexibility index (Phi) is 4.88. The van der Waals surface area contributed by atoms with Crippen molar-refractivity contribution in [2.45, 2.75) is 44.6 Å². The molecule has 1 aliphatic carbocycles. The highest BCUT2D eigenvalue weighted by Crippen LogP contribution is 2.48. The summed E-state index contributed by atoms with van der Waals surface area (Å²) < 4.78 is 5.03. The van der Waals surface area contributed by atoms with Crippen LogP contribution in [0.4, 0.5) is 0 Å². The molecule has 1 amide bonds. The molecule has 0 aliphatic heterocycles. The largest absolute Gasteiger partial charge is 0.463 e. The molecule has 1 aromatic carbocycles. The van der Waals surface area contributed by atoms with E-state index in [4.69, 9.17) is 16.3 Å². The first-order valence-corrected chi connectivity index (χ1v) is 7.56. The minimum absolute atomic E-state index is 0.0397. The summed E-state index contributed by atoms with van der Waals surface area (Å²) in [5.41, 5.74) is 0.476. The van der Waals surface area contributed by atoms with Crippen LogP contribution in [0.1, 0.15) is 38.7 Å². The normalized spacial score (nSPS) is 15.6. The van der Waals surface area contributed by atoms with E-state index < -0.39 is 5.41 Å². The smallest absolute Gasteiger partial charge is 0.307 e. The van der Waals surface area contributed by atoms with Crippen LogP contribution in [0.3, 0.4) is 0 Å². The Balaban J connectivity index is 1.88. The molecule has 1 fully saturated rings. The minimum Gasteiger partial charge on any atom is -0.463 e. The van der Waals surface area contributed by atoms with E-state index >= 15 is 0 Å². The molecule has 1 saturated carbocycles. The van der Waals surface area contributed by atoms with Crippen LogP contribution in [0.15, 0.2) is 24.3 Å². The first-order valence-electron chi connectivity index (χ1n) is 7.18. The third kappa shape index (κ3) is 3.97. The fourth-order valence-electron chi connectivity index (χ4n) is 2.33. The number of carbonyl (C=O) groups is 2. The zero-order valence-electron chi connectivity index (χ0n) is 12.3. The van der Waals surface area contributed by atoms with Crippen LogP contribution < -0.4 is 5.32 Å². The van der Waals surface area contributed by atoms with Gasteiger partial charge in [-0.25, -0.2) is 0 Å². The van der Waals surface area contributed by atoms with Crippen LogP contribution in [0.25, 0.3) is 0 Å².